The van der Waals surface area contributed by atoms with Gasteiger partial charge in [0.15, 0.2) is 0 Å². The number of hydrogen-bond acceptors (Lipinski definition) is 5. The lowest BCUT2D eigenvalue weighted by Crippen LogP contribution is -2.27. The number of hydrogen-bond donors (Lipinski definition) is 1. The molecule has 0 aliphatic heterocycles. The van der Waals surface area contributed by atoms with E-state index < -0.39 is 0 Å². The summed E-state index contributed by atoms with van der Waals surface area (Å²) in [5.41, 5.74) is 0.467. The number of aromatic nitrogens is 1. The molecule has 0 aromatic carbocycles. The van der Waals surface area contributed by atoms with Crippen LogP contribution in [0.2, 0.25) is 0 Å². The van der Waals surface area contributed by atoms with Crippen LogP contribution >= 0.6 is 11.8 Å². The number of ether oxygens (including phenoxy) is 1. The van der Waals surface area contributed by atoms with E-state index in [-0.39, 0.29) is 11.2 Å². The second-order valence-electron chi connectivity index (χ2n) is 4.70. The molecule has 4 nitrogen and oxygen atoms in total. The van der Waals surface area contributed by atoms with Gasteiger partial charge >= 0.3 is 0 Å². The van der Waals surface area contributed by atoms with Crippen molar-refractivity contribution in [1.82, 2.24) is 10.3 Å². The van der Waals surface area contributed by atoms with Crippen molar-refractivity contribution >= 4 is 16.9 Å². The quantitative estimate of drug-likeness (QED) is 0.833. The number of nitrogens with zero attached hydrogens (tertiary/aromatic N) is 1. The van der Waals surface area contributed by atoms with Crippen LogP contribution < -0.4 is 10.1 Å². The fraction of sp³-hybridized carbons (Fsp3) is 0.571. The summed E-state index contributed by atoms with van der Waals surface area (Å²) in [7, 11) is 0. The minimum Gasteiger partial charge on any atom is -0.489 e. The summed E-state index contributed by atoms with van der Waals surface area (Å²) in [5, 5.41) is 3.32. The van der Waals surface area contributed by atoms with E-state index in [0.717, 1.165) is 24.7 Å². The number of carbonyl (C=O) groups excluding carboxylic acids is 1. The lowest BCUT2D eigenvalue weighted by atomic mass is 10.2. The van der Waals surface area contributed by atoms with Gasteiger partial charge in [0.1, 0.15) is 11.4 Å². The summed E-state index contributed by atoms with van der Waals surface area (Å²) >= 11 is 1.16. The first-order chi connectivity index (χ1) is 9.02. The van der Waals surface area contributed by atoms with Crippen molar-refractivity contribution in [2.75, 3.05) is 12.8 Å². The van der Waals surface area contributed by atoms with Crippen LogP contribution in [0, 0.1) is 0 Å². The molecule has 1 aromatic heterocycles. The third-order valence-corrected chi connectivity index (χ3v) is 3.15. The average Bonchev–Trinajstić information content (AvgIpc) is 2.38. The zero-order valence-corrected chi connectivity index (χ0v) is 12.8. The Balaban J connectivity index is 2.42. The normalized spacial score (nSPS) is 12.5. The van der Waals surface area contributed by atoms with E-state index >= 15 is 0 Å². The van der Waals surface area contributed by atoms with Gasteiger partial charge in [-0.15, -0.1) is 0 Å². The first-order valence-electron chi connectivity index (χ1n) is 6.47. The van der Waals surface area contributed by atoms with E-state index in [9.17, 15) is 4.79 Å². The van der Waals surface area contributed by atoms with E-state index in [2.05, 4.69) is 24.1 Å². The molecule has 0 saturated carbocycles. The van der Waals surface area contributed by atoms with Crippen LogP contribution in [0.15, 0.2) is 18.3 Å². The molecule has 1 heterocycles. The molecule has 0 bridgehead atoms. The molecule has 0 fully saturated rings. The molecule has 0 amide bonds. The van der Waals surface area contributed by atoms with E-state index in [0.29, 0.717) is 17.5 Å². The second kappa shape index (κ2) is 8.17. The monoisotopic (exact) mass is 282 g/mol. The van der Waals surface area contributed by atoms with Gasteiger partial charge in [0.25, 0.3) is 0 Å². The van der Waals surface area contributed by atoms with Crippen molar-refractivity contribution in [3.63, 3.8) is 0 Å². The fourth-order valence-electron chi connectivity index (χ4n) is 1.54. The maximum atomic E-state index is 11.4. The number of carbonyl (C=O) groups is 1. The Labute approximate surface area is 119 Å². The minimum atomic E-state index is -0.0271. The smallest absolute Gasteiger partial charge is 0.237 e. The average molecular weight is 282 g/mol. The first kappa shape index (κ1) is 16.0. The molecule has 0 aliphatic carbocycles. The molecule has 0 spiro atoms. The van der Waals surface area contributed by atoms with Crippen molar-refractivity contribution in [2.45, 2.75) is 39.3 Å². The standard InChI is InChI=1S/C14H22N2O2S/c1-10(2)15-8-7-11(3)18-12-5-6-13(16-9-12)14(17)19-4/h5-6,9-11,15H,7-8H2,1-4H3. The zero-order valence-electron chi connectivity index (χ0n) is 12.0. The van der Waals surface area contributed by atoms with Gasteiger partial charge in [-0.05, 0) is 38.3 Å². The van der Waals surface area contributed by atoms with Gasteiger partial charge in [-0.25, -0.2) is 4.98 Å². The van der Waals surface area contributed by atoms with Crippen molar-refractivity contribution in [2.24, 2.45) is 0 Å². The number of thioether (sulfide) groups is 1. The van der Waals surface area contributed by atoms with Gasteiger partial charge in [0.2, 0.25) is 5.12 Å². The van der Waals surface area contributed by atoms with Crippen LogP contribution in [0.4, 0.5) is 0 Å². The van der Waals surface area contributed by atoms with Crippen LogP contribution in [-0.2, 0) is 0 Å². The molecular formula is C14H22N2O2S. The number of pyridine rings is 1. The summed E-state index contributed by atoms with van der Waals surface area (Å²) in [6, 6.07) is 3.99. The van der Waals surface area contributed by atoms with Crippen LogP contribution in [0.5, 0.6) is 5.75 Å². The van der Waals surface area contributed by atoms with Crippen LogP contribution in [0.25, 0.3) is 0 Å². The fourth-order valence-corrected chi connectivity index (χ4v) is 1.87. The molecule has 1 rings (SSSR count). The Bertz CT molecular complexity index is 393. The van der Waals surface area contributed by atoms with Gasteiger partial charge in [0, 0.05) is 6.04 Å². The number of rotatable bonds is 7. The summed E-state index contributed by atoms with van der Waals surface area (Å²) in [6.45, 7) is 7.20. The molecular weight excluding hydrogens is 260 g/mol. The Morgan fingerprint density at radius 1 is 1.42 bits per heavy atom. The minimum absolute atomic E-state index is 0.0271. The lowest BCUT2D eigenvalue weighted by Gasteiger charge is -2.16. The summed E-state index contributed by atoms with van der Waals surface area (Å²) < 4.78 is 5.74. The molecule has 0 aliphatic rings. The third kappa shape index (κ3) is 6.07. The van der Waals surface area contributed by atoms with Crippen molar-refractivity contribution < 1.29 is 9.53 Å². The van der Waals surface area contributed by atoms with Gasteiger partial charge in [0.05, 0.1) is 12.3 Å². The second-order valence-corrected chi connectivity index (χ2v) is 5.48. The van der Waals surface area contributed by atoms with Crippen LogP contribution in [0.3, 0.4) is 0 Å². The lowest BCUT2D eigenvalue weighted by molar-refractivity contribution is 0.108. The van der Waals surface area contributed by atoms with E-state index in [1.807, 2.05) is 6.92 Å². The topological polar surface area (TPSA) is 51.2 Å². The maximum Gasteiger partial charge on any atom is 0.237 e. The largest absolute Gasteiger partial charge is 0.489 e. The Hall–Kier alpha value is -1.07. The Morgan fingerprint density at radius 3 is 2.68 bits per heavy atom. The summed E-state index contributed by atoms with van der Waals surface area (Å²) in [6.07, 6.45) is 4.41. The summed E-state index contributed by atoms with van der Waals surface area (Å²) in [4.78, 5) is 15.5. The molecule has 0 saturated heterocycles. The van der Waals surface area contributed by atoms with E-state index in [4.69, 9.17) is 4.74 Å². The first-order valence-corrected chi connectivity index (χ1v) is 7.69. The van der Waals surface area contributed by atoms with Gasteiger partial charge in [-0.3, -0.25) is 4.79 Å². The van der Waals surface area contributed by atoms with Crippen LogP contribution in [-0.4, -0.2) is 35.0 Å². The highest BCUT2D eigenvalue weighted by atomic mass is 32.2. The van der Waals surface area contributed by atoms with Crippen molar-refractivity contribution in [1.29, 1.82) is 0 Å². The summed E-state index contributed by atoms with van der Waals surface area (Å²) in [5.74, 6) is 0.703. The molecule has 1 N–H and O–H groups in total. The van der Waals surface area contributed by atoms with E-state index in [1.165, 1.54) is 0 Å². The highest BCUT2D eigenvalue weighted by molar-refractivity contribution is 8.13. The van der Waals surface area contributed by atoms with Crippen LogP contribution in [0.1, 0.15) is 37.7 Å². The Kier molecular flexibility index (Phi) is 6.87. The van der Waals surface area contributed by atoms with Gasteiger partial charge in [-0.2, -0.15) is 0 Å². The molecule has 1 unspecified atom stereocenters. The predicted molar refractivity (Wildman–Crippen MR) is 79.9 cm³/mol. The molecule has 106 valence electrons. The van der Waals surface area contributed by atoms with Gasteiger partial charge in [-0.1, -0.05) is 25.6 Å². The maximum absolute atomic E-state index is 11.4. The highest BCUT2D eigenvalue weighted by Gasteiger charge is 2.08. The van der Waals surface area contributed by atoms with Crippen molar-refractivity contribution in [3.8, 4) is 5.75 Å². The third-order valence-electron chi connectivity index (χ3n) is 2.57. The molecule has 5 heteroatoms. The highest BCUT2D eigenvalue weighted by Crippen LogP contribution is 2.14. The molecule has 0 radical (unpaired) electrons. The Morgan fingerprint density at radius 2 is 2.16 bits per heavy atom. The SMILES string of the molecule is CSC(=O)c1ccc(OC(C)CCNC(C)C)cn1. The van der Waals surface area contributed by atoms with Crippen molar-refractivity contribution in [3.05, 3.63) is 24.0 Å². The molecule has 1 aromatic rings. The van der Waals surface area contributed by atoms with E-state index in [1.54, 1.807) is 24.6 Å². The molecule has 19 heavy (non-hydrogen) atoms. The number of nitrogens with one attached hydrogen (secondary N) is 1. The zero-order chi connectivity index (χ0) is 14.3. The van der Waals surface area contributed by atoms with Gasteiger partial charge < -0.3 is 10.1 Å². The molecule has 1 atom stereocenters. The predicted octanol–water partition coefficient (Wildman–Crippen LogP) is 2.74.